The number of methoxy groups -OCH3 is 2. The van der Waals surface area contributed by atoms with Crippen molar-refractivity contribution >= 4 is 11.4 Å². The molecule has 6 heteroatoms. The Kier molecular flexibility index (Phi) is 6.34. The summed E-state index contributed by atoms with van der Waals surface area (Å²) < 4.78 is 10.4. The van der Waals surface area contributed by atoms with Gasteiger partial charge in [0, 0.05) is 0 Å². The van der Waals surface area contributed by atoms with Crippen LogP contribution in [0.1, 0.15) is 0 Å². The summed E-state index contributed by atoms with van der Waals surface area (Å²) in [5, 5.41) is 0. The fourth-order valence-corrected chi connectivity index (χ4v) is 1.78. The lowest BCUT2D eigenvalue weighted by molar-refractivity contribution is 0.416. The second-order valence-corrected chi connectivity index (χ2v) is 3.91. The van der Waals surface area contributed by atoms with Crippen LogP contribution in [0.15, 0.2) is 36.4 Å². The first-order valence-corrected chi connectivity index (χ1v) is 5.53. The molecule has 20 heavy (non-hydrogen) atoms. The van der Waals surface area contributed by atoms with E-state index in [0.29, 0.717) is 22.9 Å². The molecular weight excluding hydrogens is 256 g/mol. The monoisotopic (exact) mass is 278 g/mol. The number of benzene rings is 2. The average molecular weight is 278 g/mol. The molecule has 0 fully saturated rings. The highest BCUT2D eigenvalue weighted by Crippen LogP contribution is 2.32. The topological polar surface area (TPSA) is 140 Å². The molecule has 2 aromatic carbocycles. The van der Waals surface area contributed by atoms with E-state index >= 15 is 0 Å². The van der Waals surface area contributed by atoms with Gasteiger partial charge in [0.1, 0.15) is 11.5 Å². The minimum atomic E-state index is 0. The van der Waals surface area contributed by atoms with Gasteiger partial charge in [-0.25, -0.2) is 0 Å². The van der Waals surface area contributed by atoms with Crippen LogP contribution in [0.3, 0.4) is 0 Å². The molecule has 0 radical (unpaired) electrons. The van der Waals surface area contributed by atoms with Crippen LogP contribution >= 0.6 is 0 Å². The fraction of sp³-hybridized carbons (Fsp3) is 0.143. The summed E-state index contributed by atoms with van der Waals surface area (Å²) in [6, 6.07) is 11.3. The van der Waals surface area contributed by atoms with Gasteiger partial charge in [0.15, 0.2) is 0 Å². The van der Waals surface area contributed by atoms with E-state index in [1.807, 2.05) is 36.4 Å². The molecule has 0 aliphatic carbocycles. The van der Waals surface area contributed by atoms with E-state index in [0.717, 1.165) is 11.1 Å². The zero-order valence-corrected chi connectivity index (χ0v) is 11.8. The van der Waals surface area contributed by atoms with Gasteiger partial charge in [-0.1, -0.05) is 12.1 Å². The molecule has 0 saturated heterocycles. The van der Waals surface area contributed by atoms with Crippen molar-refractivity contribution < 1.29 is 9.47 Å². The van der Waals surface area contributed by atoms with Gasteiger partial charge in [-0.3, -0.25) is 0 Å². The Morgan fingerprint density at radius 2 is 1.05 bits per heavy atom. The van der Waals surface area contributed by atoms with Crippen LogP contribution in [0, 0.1) is 0 Å². The van der Waals surface area contributed by atoms with E-state index in [1.54, 1.807) is 14.2 Å². The predicted molar refractivity (Wildman–Crippen MR) is 83.9 cm³/mol. The molecule has 0 bridgehead atoms. The Bertz CT molecular complexity index is 522. The van der Waals surface area contributed by atoms with Gasteiger partial charge < -0.3 is 33.2 Å². The highest BCUT2D eigenvalue weighted by atomic mass is 16.5. The largest absolute Gasteiger partial charge is 0.495 e. The highest BCUT2D eigenvalue weighted by Gasteiger charge is 2.06. The smallest absolute Gasteiger partial charge is 0.142 e. The van der Waals surface area contributed by atoms with Gasteiger partial charge in [0.25, 0.3) is 0 Å². The second-order valence-electron chi connectivity index (χ2n) is 3.91. The minimum Gasteiger partial charge on any atom is -0.495 e. The van der Waals surface area contributed by atoms with Gasteiger partial charge >= 0.3 is 0 Å². The van der Waals surface area contributed by atoms with Crippen molar-refractivity contribution in [3.8, 4) is 22.6 Å². The van der Waals surface area contributed by atoms with Gasteiger partial charge in [-0.2, -0.15) is 0 Å². The van der Waals surface area contributed by atoms with E-state index in [2.05, 4.69) is 0 Å². The van der Waals surface area contributed by atoms with Crippen LogP contribution in [0.5, 0.6) is 11.5 Å². The highest BCUT2D eigenvalue weighted by molar-refractivity contribution is 5.73. The summed E-state index contributed by atoms with van der Waals surface area (Å²) in [5.74, 6) is 1.31. The molecule has 110 valence electrons. The van der Waals surface area contributed by atoms with Crippen molar-refractivity contribution in [1.29, 1.82) is 0 Å². The first-order valence-electron chi connectivity index (χ1n) is 5.53. The number of rotatable bonds is 3. The molecule has 2 aromatic rings. The van der Waals surface area contributed by atoms with Crippen molar-refractivity contribution in [3.63, 3.8) is 0 Å². The average Bonchev–Trinajstić information content (AvgIpc) is 2.40. The molecule has 0 unspecified atom stereocenters. The number of anilines is 2. The number of hydrogen-bond donors (Lipinski definition) is 4. The lowest BCUT2D eigenvalue weighted by atomic mass is 10.0. The Balaban J connectivity index is 0.00000180. The van der Waals surface area contributed by atoms with Crippen molar-refractivity contribution in [3.05, 3.63) is 36.4 Å². The molecule has 0 aliphatic rings. The van der Waals surface area contributed by atoms with Crippen LogP contribution in [0.2, 0.25) is 0 Å². The first-order chi connectivity index (χ1) is 8.65. The molecular formula is C14H22N4O2. The van der Waals surface area contributed by atoms with E-state index in [-0.39, 0.29) is 12.3 Å². The molecule has 0 aromatic heterocycles. The third-order valence-corrected chi connectivity index (χ3v) is 2.80. The number of nitrogen functional groups attached to an aromatic ring is 2. The quantitative estimate of drug-likeness (QED) is 0.636. The summed E-state index contributed by atoms with van der Waals surface area (Å²) in [7, 11) is 3.19. The van der Waals surface area contributed by atoms with Crippen molar-refractivity contribution in [2.24, 2.45) is 0 Å². The molecule has 0 heterocycles. The molecule has 0 atom stereocenters. The Hall–Kier alpha value is -2.44. The predicted octanol–water partition coefficient (Wildman–Crippen LogP) is 2.86. The van der Waals surface area contributed by atoms with Crippen LogP contribution in [0.4, 0.5) is 11.4 Å². The Labute approximate surface area is 118 Å². The van der Waals surface area contributed by atoms with Gasteiger partial charge in [0.05, 0.1) is 25.6 Å². The van der Waals surface area contributed by atoms with Crippen LogP contribution in [-0.2, 0) is 0 Å². The summed E-state index contributed by atoms with van der Waals surface area (Å²) in [6.07, 6.45) is 0. The first kappa shape index (κ1) is 17.6. The number of hydrogen-bond acceptors (Lipinski definition) is 6. The molecule has 0 saturated carbocycles. The van der Waals surface area contributed by atoms with Gasteiger partial charge in [-0.15, -0.1) is 0 Å². The van der Waals surface area contributed by atoms with E-state index in [9.17, 15) is 0 Å². The lowest BCUT2D eigenvalue weighted by Crippen LogP contribution is -1.94. The summed E-state index contributed by atoms with van der Waals surface area (Å²) in [4.78, 5) is 0. The summed E-state index contributed by atoms with van der Waals surface area (Å²) in [6.45, 7) is 0. The van der Waals surface area contributed by atoms with Gasteiger partial charge in [0.2, 0.25) is 0 Å². The molecule has 0 aliphatic heterocycles. The third kappa shape index (κ3) is 3.31. The lowest BCUT2D eigenvalue weighted by Gasteiger charge is -2.10. The molecule has 2 rings (SSSR count). The minimum absolute atomic E-state index is 0. The SMILES string of the molecule is COc1cc(-c2ccc(N)c(OC)c2)ccc1N.N.N. The second kappa shape index (κ2) is 7.22. The zero-order valence-electron chi connectivity index (χ0n) is 11.8. The maximum Gasteiger partial charge on any atom is 0.142 e. The molecule has 10 N–H and O–H groups in total. The van der Waals surface area contributed by atoms with Crippen LogP contribution in [0.25, 0.3) is 11.1 Å². The van der Waals surface area contributed by atoms with Crippen molar-refractivity contribution in [2.45, 2.75) is 0 Å². The van der Waals surface area contributed by atoms with Gasteiger partial charge in [-0.05, 0) is 35.4 Å². The normalized spacial score (nSPS) is 9.10. The maximum atomic E-state index is 5.79. The fourth-order valence-electron chi connectivity index (χ4n) is 1.78. The number of ether oxygens (including phenoxy) is 2. The van der Waals surface area contributed by atoms with E-state index in [1.165, 1.54) is 0 Å². The molecule has 0 spiro atoms. The van der Waals surface area contributed by atoms with Crippen LogP contribution < -0.4 is 33.2 Å². The third-order valence-electron chi connectivity index (χ3n) is 2.80. The van der Waals surface area contributed by atoms with E-state index < -0.39 is 0 Å². The Morgan fingerprint density at radius 3 is 1.35 bits per heavy atom. The number of nitrogens with two attached hydrogens (primary N) is 2. The summed E-state index contributed by atoms with van der Waals surface area (Å²) >= 11 is 0. The Morgan fingerprint density at radius 1 is 0.700 bits per heavy atom. The zero-order chi connectivity index (χ0) is 13.1. The van der Waals surface area contributed by atoms with Crippen molar-refractivity contribution in [1.82, 2.24) is 12.3 Å². The van der Waals surface area contributed by atoms with Crippen LogP contribution in [-0.4, -0.2) is 14.2 Å². The molecule has 0 amide bonds. The van der Waals surface area contributed by atoms with Crippen molar-refractivity contribution in [2.75, 3.05) is 25.7 Å². The van der Waals surface area contributed by atoms with E-state index in [4.69, 9.17) is 20.9 Å². The molecule has 6 nitrogen and oxygen atoms in total. The standard InChI is InChI=1S/C14H16N2O2.2H3N/c1-17-13-7-9(3-5-11(13)15)10-4-6-12(16)14(8-10)18-2;;/h3-8H,15-16H2,1-2H3;2*1H3. The summed E-state index contributed by atoms with van der Waals surface area (Å²) in [5.41, 5.74) is 14.8. The maximum absolute atomic E-state index is 5.79.